The van der Waals surface area contributed by atoms with E-state index < -0.39 is 6.10 Å². The predicted molar refractivity (Wildman–Crippen MR) is 113 cm³/mol. The highest BCUT2D eigenvalue weighted by Gasteiger charge is 2.33. The molecule has 0 bridgehead atoms. The Labute approximate surface area is 174 Å². The number of nitrogens with zero attached hydrogens (tertiary/aromatic N) is 8. The molecule has 3 aromatic heterocycles. The van der Waals surface area contributed by atoms with Crippen LogP contribution < -0.4 is 4.90 Å². The summed E-state index contributed by atoms with van der Waals surface area (Å²) in [6, 6.07) is 10.1. The first-order chi connectivity index (χ1) is 14.4. The zero-order valence-electron chi connectivity index (χ0n) is 17.5. The maximum atomic E-state index is 10.0. The van der Waals surface area contributed by atoms with E-state index in [1.807, 2.05) is 25.1 Å². The third kappa shape index (κ3) is 3.02. The third-order valence-electron chi connectivity index (χ3n) is 5.53. The fourth-order valence-corrected chi connectivity index (χ4v) is 4.04. The molecule has 1 aromatic carbocycles. The van der Waals surface area contributed by atoms with Crippen LogP contribution in [0.3, 0.4) is 0 Å². The number of rotatable bonds is 4. The number of imidazole rings is 1. The largest absolute Gasteiger partial charge is 0.385 e. The number of aromatic nitrogens is 7. The average Bonchev–Trinajstić information content (AvgIpc) is 3.22. The van der Waals surface area contributed by atoms with Gasteiger partial charge >= 0.3 is 0 Å². The molecule has 154 valence electrons. The first-order valence-electron chi connectivity index (χ1n) is 10.0. The van der Waals surface area contributed by atoms with Gasteiger partial charge in [0, 0.05) is 26.2 Å². The van der Waals surface area contributed by atoms with E-state index in [4.69, 9.17) is 4.98 Å². The van der Waals surface area contributed by atoms with Crippen molar-refractivity contribution >= 4 is 16.9 Å². The number of aryl methyl sites for hydroxylation is 3. The van der Waals surface area contributed by atoms with Crippen molar-refractivity contribution in [1.29, 1.82) is 0 Å². The highest BCUT2D eigenvalue weighted by molar-refractivity contribution is 5.76. The van der Waals surface area contributed by atoms with Crippen LogP contribution in [0, 0.1) is 13.8 Å². The van der Waals surface area contributed by atoms with Crippen LogP contribution in [0.1, 0.15) is 42.2 Å². The van der Waals surface area contributed by atoms with Crippen molar-refractivity contribution in [3.8, 4) is 5.82 Å². The molecule has 4 aromatic rings. The molecule has 1 atom stereocenters. The molecular formula is C21H24N8O. The van der Waals surface area contributed by atoms with Crippen LogP contribution in [0.5, 0.6) is 0 Å². The van der Waals surface area contributed by atoms with Crippen molar-refractivity contribution < 1.29 is 5.11 Å². The lowest BCUT2D eigenvalue weighted by molar-refractivity contribution is 0.186. The number of hydrogen-bond donors (Lipinski definition) is 1. The van der Waals surface area contributed by atoms with Gasteiger partial charge < -0.3 is 14.6 Å². The minimum absolute atomic E-state index is 0.350. The van der Waals surface area contributed by atoms with Gasteiger partial charge in [-0.1, -0.05) is 12.1 Å². The van der Waals surface area contributed by atoms with E-state index in [2.05, 4.69) is 48.7 Å². The van der Waals surface area contributed by atoms with Gasteiger partial charge in [-0.05, 0) is 32.9 Å². The van der Waals surface area contributed by atoms with Gasteiger partial charge in [0.25, 0.3) is 0 Å². The minimum Gasteiger partial charge on any atom is -0.385 e. The number of para-hydroxylation sites is 2. The van der Waals surface area contributed by atoms with Crippen LogP contribution >= 0.6 is 0 Å². The highest BCUT2D eigenvalue weighted by atomic mass is 16.3. The summed E-state index contributed by atoms with van der Waals surface area (Å²) in [5.74, 6) is 4.62. The van der Waals surface area contributed by atoms with Gasteiger partial charge in [0.2, 0.25) is 0 Å². The van der Waals surface area contributed by atoms with Crippen LogP contribution in [0.15, 0.2) is 30.3 Å². The molecule has 0 unspecified atom stereocenters. The number of aliphatic hydroxyl groups excluding tert-OH is 1. The summed E-state index contributed by atoms with van der Waals surface area (Å²) in [5.41, 5.74) is 2.18. The summed E-state index contributed by atoms with van der Waals surface area (Å²) in [6.45, 7) is 7.01. The molecule has 1 aliphatic rings. The molecule has 1 N–H and O–H groups in total. The van der Waals surface area contributed by atoms with E-state index in [9.17, 15) is 5.11 Å². The Morgan fingerprint density at radius 3 is 2.47 bits per heavy atom. The summed E-state index contributed by atoms with van der Waals surface area (Å²) in [5, 5.41) is 14.5. The molecule has 1 saturated heterocycles. The first kappa shape index (κ1) is 18.7. The maximum absolute atomic E-state index is 10.0. The second-order valence-corrected chi connectivity index (χ2v) is 7.86. The molecule has 30 heavy (non-hydrogen) atoms. The summed E-state index contributed by atoms with van der Waals surface area (Å²) in [4.78, 5) is 20.5. The number of hydrogen-bond acceptors (Lipinski definition) is 7. The topological polar surface area (TPSA) is 97.8 Å². The zero-order chi connectivity index (χ0) is 21.0. The Balaban J connectivity index is 1.42. The molecule has 4 heterocycles. The first-order valence-corrected chi connectivity index (χ1v) is 10.0. The average molecular weight is 404 g/mol. The van der Waals surface area contributed by atoms with Crippen LogP contribution in [-0.2, 0) is 7.05 Å². The fourth-order valence-electron chi connectivity index (χ4n) is 4.04. The molecule has 1 aliphatic heterocycles. The van der Waals surface area contributed by atoms with Crippen LogP contribution in [0.4, 0.5) is 5.82 Å². The molecule has 0 spiro atoms. The second kappa shape index (κ2) is 6.88. The number of fused-ring (bicyclic) bond motifs is 1. The molecule has 0 radical (unpaired) electrons. The van der Waals surface area contributed by atoms with Crippen molar-refractivity contribution in [3.63, 3.8) is 0 Å². The Kier molecular flexibility index (Phi) is 4.28. The van der Waals surface area contributed by atoms with E-state index in [1.54, 1.807) is 18.5 Å². The van der Waals surface area contributed by atoms with Crippen molar-refractivity contribution in [2.75, 3.05) is 18.0 Å². The summed E-state index contributed by atoms with van der Waals surface area (Å²) in [7, 11) is 2.07. The molecule has 0 saturated carbocycles. The number of anilines is 1. The van der Waals surface area contributed by atoms with Crippen molar-refractivity contribution in [1.82, 2.24) is 34.3 Å². The Bertz CT molecular complexity index is 1240. The van der Waals surface area contributed by atoms with E-state index in [0.717, 1.165) is 35.8 Å². The van der Waals surface area contributed by atoms with Crippen molar-refractivity contribution in [2.24, 2.45) is 7.05 Å². The molecular weight excluding hydrogens is 380 g/mol. The molecule has 0 aliphatic carbocycles. The number of benzene rings is 1. The van der Waals surface area contributed by atoms with Gasteiger partial charge in [0.1, 0.15) is 29.4 Å². The second-order valence-electron chi connectivity index (χ2n) is 7.86. The standard InChI is InChI=1S/C21H24N8O/c1-12(30)20-24-14(3)26-29(20)19-9-18(22-13(2)23-19)28-10-15(11-28)21-25-16-7-5-6-8-17(16)27(21)4/h5-9,12,15,30H,10-11H2,1-4H3/t12-/m1/s1. The lowest BCUT2D eigenvalue weighted by atomic mass is 9.99. The number of aliphatic hydroxyl groups is 1. The van der Waals surface area contributed by atoms with Gasteiger partial charge in [-0.3, -0.25) is 0 Å². The minimum atomic E-state index is -0.740. The molecule has 0 amide bonds. The monoisotopic (exact) mass is 404 g/mol. The lowest BCUT2D eigenvalue weighted by Crippen LogP contribution is -2.46. The molecule has 9 nitrogen and oxygen atoms in total. The van der Waals surface area contributed by atoms with Gasteiger partial charge in [-0.2, -0.15) is 4.68 Å². The highest BCUT2D eigenvalue weighted by Crippen LogP contribution is 2.32. The Morgan fingerprint density at radius 1 is 1.00 bits per heavy atom. The zero-order valence-corrected chi connectivity index (χ0v) is 17.5. The van der Waals surface area contributed by atoms with E-state index >= 15 is 0 Å². The fraction of sp³-hybridized carbons (Fsp3) is 0.381. The SMILES string of the molecule is Cc1nc(N2CC(c3nc4ccccc4n3C)C2)cc(-n2nc(C)nc2[C@@H](C)O)n1. The van der Waals surface area contributed by atoms with Crippen molar-refractivity contribution in [2.45, 2.75) is 32.8 Å². The van der Waals surface area contributed by atoms with Crippen LogP contribution in [0.2, 0.25) is 0 Å². The van der Waals surface area contributed by atoms with E-state index in [1.165, 1.54) is 0 Å². The quantitative estimate of drug-likeness (QED) is 0.557. The molecule has 9 heteroatoms. The Morgan fingerprint density at radius 2 is 1.73 bits per heavy atom. The van der Waals surface area contributed by atoms with Crippen LogP contribution in [-0.4, -0.2) is 52.5 Å². The molecule has 1 fully saturated rings. The predicted octanol–water partition coefficient (Wildman–Crippen LogP) is 2.22. The van der Waals surface area contributed by atoms with Gasteiger partial charge in [0.05, 0.1) is 17.0 Å². The Hall–Kier alpha value is -3.33. The summed E-state index contributed by atoms with van der Waals surface area (Å²) in [6.07, 6.45) is -0.740. The van der Waals surface area contributed by atoms with E-state index in [-0.39, 0.29) is 0 Å². The third-order valence-corrected chi connectivity index (χ3v) is 5.53. The van der Waals surface area contributed by atoms with E-state index in [0.29, 0.717) is 29.2 Å². The van der Waals surface area contributed by atoms with Crippen molar-refractivity contribution in [3.05, 3.63) is 53.6 Å². The van der Waals surface area contributed by atoms with Gasteiger partial charge in [-0.15, -0.1) is 5.10 Å². The normalized spacial score (nSPS) is 15.6. The summed E-state index contributed by atoms with van der Waals surface area (Å²) >= 11 is 0. The van der Waals surface area contributed by atoms with Gasteiger partial charge in [0.15, 0.2) is 11.6 Å². The molecule has 5 rings (SSSR count). The smallest absolute Gasteiger partial charge is 0.162 e. The maximum Gasteiger partial charge on any atom is 0.162 e. The lowest BCUT2D eigenvalue weighted by Gasteiger charge is -2.39. The summed E-state index contributed by atoms with van der Waals surface area (Å²) < 4.78 is 3.78. The van der Waals surface area contributed by atoms with Crippen LogP contribution in [0.25, 0.3) is 16.9 Å². The van der Waals surface area contributed by atoms with Gasteiger partial charge in [-0.25, -0.2) is 19.9 Å².